The molecule has 2 bridgehead atoms. The van der Waals surface area contributed by atoms with Crippen molar-refractivity contribution in [2.45, 2.75) is 18.9 Å². The van der Waals surface area contributed by atoms with E-state index in [4.69, 9.17) is 4.42 Å². The molecule has 112 valence electrons. The number of hydrogen-bond donors (Lipinski definition) is 1. The first kappa shape index (κ1) is 13.4. The number of benzene rings is 1. The SMILES string of the molecule is O=C(N[C@H](c1ccccc1)c1ccco1)[C@H]1C[C@H]2C=C[C@H]1C2. The van der Waals surface area contributed by atoms with Crippen LogP contribution < -0.4 is 5.32 Å². The second kappa shape index (κ2) is 5.48. The monoisotopic (exact) mass is 293 g/mol. The lowest BCUT2D eigenvalue weighted by molar-refractivity contribution is -0.126. The fourth-order valence-corrected chi connectivity index (χ4v) is 3.75. The highest BCUT2D eigenvalue weighted by Crippen LogP contribution is 2.43. The van der Waals surface area contributed by atoms with Gasteiger partial charge in [-0.3, -0.25) is 4.79 Å². The zero-order valence-electron chi connectivity index (χ0n) is 12.3. The number of carbonyl (C=O) groups excluding carboxylic acids is 1. The maximum absolute atomic E-state index is 12.7. The molecule has 3 nitrogen and oxygen atoms in total. The van der Waals surface area contributed by atoms with Crippen LogP contribution in [0.2, 0.25) is 0 Å². The van der Waals surface area contributed by atoms with Gasteiger partial charge in [0.05, 0.1) is 6.26 Å². The smallest absolute Gasteiger partial charge is 0.224 e. The van der Waals surface area contributed by atoms with Gasteiger partial charge in [0.15, 0.2) is 0 Å². The summed E-state index contributed by atoms with van der Waals surface area (Å²) in [7, 11) is 0. The van der Waals surface area contributed by atoms with Gasteiger partial charge < -0.3 is 9.73 Å². The third kappa shape index (κ3) is 2.37. The first-order valence-corrected chi connectivity index (χ1v) is 7.88. The standard InChI is InChI=1S/C19H19NO2/c21-19(16-12-13-8-9-15(16)11-13)20-18(17-7-4-10-22-17)14-5-2-1-3-6-14/h1-10,13,15-16,18H,11-12H2,(H,20,21)/t13-,15-,16-,18+/m0/s1. The summed E-state index contributed by atoms with van der Waals surface area (Å²) in [4.78, 5) is 12.7. The Balaban J connectivity index is 1.57. The molecule has 1 aromatic carbocycles. The molecule has 2 aliphatic carbocycles. The van der Waals surface area contributed by atoms with Gasteiger partial charge in [-0.25, -0.2) is 0 Å². The summed E-state index contributed by atoms with van der Waals surface area (Å²) in [5.74, 6) is 2.04. The molecular formula is C19H19NO2. The molecule has 0 saturated heterocycles. The van der Waals surface area contributed by atoms with E-state index in [0.29, 0.717) is 11.8 Å². The lowest BCUT2D eigenvalue weighted by Crippen LogP contribution is -2.36. The van der Waals surface area contributed by atoms with Gasteiger partial charge in [0.2, 0.25) is 5.91 Å². The first-order valence-electron chi connectivity index (χ1n) is 7.88. The maximum Gasteiger partial charge on any atom is 0.224 e. The quantitative estimate of drug-likeness (QED) is 0.873. The molecule has 4 atom stereocenters. The van der Waals surface area contributed by atoms with Gasteiger partial charge in [-0.15, -0.1) is 0 Å². The Morgan fingerprint density at radius 2 is 1.95 bits per heavy atom. The Morgan fingerprint density at radius 3 is 2.59 bits per heavy atom. The highest BCUT2D eigenvalue weighted by Gasteiger charge is 2.40. The number of hydrogen-bond acceptors (Lipinski definition) is 2. The van der Waals surface area contributed by atoms with Crippen molar-refractivity contribution in [3.8, 4) is 0 Å². The van der Waals surface area contributed by atoms with Crippen molar-refractivity contribution in [3.63, 3.8) is 0 Å². The van der Waals surface area contributed by atoms with E-state index in [2.05, 4.69) is 17.5 Å². The zero-order valence-corrected chi connectivity index (χ0v) is 12.3. The van der Waals surface area contributed by atoms with E-state index in [-0.39, 0.29) is 17.9 Å². The van der Waals surface area contributed by atoms with Crippen LogP contribution in [-0.2, 0) is 4.79 Å². The van der Waals surface area contributed by atoms with Gasteiger partial charge in [-0.1, -0.05) is 42.5 Å². The van der Waals surface area contributed by atoms with Crippen molar-refractivity contribution >= 4 is 5.91 Å². The Kier molecular flexibility index (Phi) is 3.34. The van der Waals surface area contributed by atoms with Crippen LogP contribution in [0.5, 0.6) is 0 Å². The number of amides is 1. The van der Waals surface area contributed by atoms with Crippen LogP contribution in [0.4, 0.5) is 0 Å². The number of furan rings is 1. The first-order chi connectivity index (χ1) is 10.8. The zero-order chi connectivity index (χ0) is 14.9. The topological polar surface area (TPSA) is 42.2 Å². The number of carbonyl (C=O) groups is 1. The molecule has 1 saturated carbocycles. The predicted molar refractivity (Wildman–Crippen MR) is 84.0 cm³/mol. The summed E-state index contributed by atoms with van der Waals surface area (Å²) in [6.45, 7) is 0. The number of nitrogens with one attached hydrogen (secondary N) is 1. The Bertz CT molecular complexity index is 675. The average molecular weight is 293 g/mol. The molecule has 4 rings (SSSR count). The molecule has 1 aromatic heterocycles. The van der Waals surface area contributed by atoms with Crippen molar-refractivity contribution in [2.24, 2.45) is 17.8 Å². The fraction of sp³-hybridized carbons (Fsp3) is 0.316. The molecule has 0 aliphatic heterocycles. The highest BCUT2D eigenvalue weighted by atomic mass is 16.3. The van der Waals surface area contributed by atoms with Crippen LogP contribution in [0.25, 0.3) is 0 Å². The van der Waals surface area contributed by atoms with E-state index in [1.165, 1.54) is 0 Å². The molecule has 0 spiro atoms. The third-order valence-corrected chi connectivity index (χ3v) is 4.86. The van der Waals surface area contributed by atoms with Crippen molar-refractivity contribution in [3.05, 3.63) is 72.2 Å². The van der Waals surface area contributed by atoms with Crippen LogP contribution in [0.1, 0.15) is 30.2 Å². The van der Waals surface area contributed by atoms with Gasteiger partial charge in [0.1, 0.15) is 11.8 Å². The van der Waals surface area contributed by atoms with Crippen LogP contribution >= 0.6 is 0 Å². The summed E-state index contributed by atoms with van der Waals surface area (Å²) < 4.78 is 5.55. The third-order valence-electron chi connectivity index (χ3n) is 4.86. The van der Waals surface area contributed by atoms with E-state index < -0.39 is 0 Å². The van der Waals surface area contributed by atoms with Gasteiger partial charge >= 0.3 is 0 Å². The second-order valence-corrected chi connectivity index (χ2v) is 6.25. The summed E-state index contributed by atoms with van der Waals surface area (Å²) in [6, 6.07) is 13.5. The Hall–Kier alpha value is -2.29. The van der Waals surface area contributed by atoms with E-state index in [9.17, 15) is 4.79 Å². The fourth-order valence-electron chi connectivity index (χ4n) is 3.75. The van der Waals surface area contributed by atoms with Crippen LogP contribution in [-0.4, -0.2) is 5.91 Å². The van der Waals surface area contributed by atoms with Crippen LogP contribution in [0, 0.1) is 17.8 Å². The molecule has 1 fully saturated rings. The van der Waals surface area contributed by atoms with E-state index in [1.807, 2.05) is 42.5 Å². The van der Waals surface area contributed by atoms with Gasteiger partial charge in [0, 0.05) is 5.92 Å². The van der Waals surface area contributed by atoms with Gasteiger partial charge in [-0.05, 0) is 42.4 Å². The average Bonchev–Trinajstić information content (AvgIpc) is 3.30. The molecular weight excluding hydrogens is 274 g/mol. The molecule has 1 heterocycles. The van der Waals surface area contributed by atoms with Crippen molar-refractivity contribution < 1.29 is 9.21 Å². The lowest BCUT2D eigenvalue weighted by atomic mass is 9.92. The molecule has 3 heteroatoms. The van der Waals surface area contributed by atoms with E-state index >= 15 is 0 Å². The van der Waals surface area contributed by atoms with Gasteiger partial charge in [0.25, 0.3) is 0 Å². The lowest BCUT2D eigenvalue weighted by Gasteiger charge is -2.22. The summed E-state index contributed by atoms with van der Waals surface area (Å²) in [6.07, 6.45) is 8.23. The van der Waals surface area contributed by atoms with Crippen molar-refractivity contribution in [1.82, 2.24) is 5.32 Å². The molecule has 0 unspecified atom stereocenters. The molecule has 1 N–H and O–H groups in total. The summed E-state index contributed by atoms with van der Waals surface area (Å²) in [5, 5.41) is 3.20. The molecule has 2 aliphatic rings. The normalized spacial score (nSPS) is 27.0. The minimum Gasteiger partial charge on any atom is -0.467 e. The number of rotatable bonds is 4. The molecule has 22 heavy (non-hydrogen) atoms. The molecule has 2 aromatic rings. The van der Waals surface area contributed by atoms with Crippen LogP contribution in [0.15, 0.2) is 65.3 Å². The highest BCUT2D eigenvalue weighted by molar-refractivity contribution is 5.80. The maximum atomic E-state index is 12.7. The van der Waals surface area contributed by atoms with E-state index in [1.54, 1.807) is 6.26 Å². The van der Waals surface area contributed by atoms with Gasteiger partial charge in [-0.2, -0.15) is 0 Å². The second-order valence-electron chi connectivity index (χ2n) is 6.25. The molecule has 0 radical (unpaired) electrons. The minimum absolute atomic E-state index is 0.108. The Labute approximate surface area is 130 Å². The largest absolute Gasteiger partial charge is 0.467 e. The van der Waals surface area contributed by atoms with E-state index in [0.717, 1.165) is 24.2 Å². The van der Waals surface area contributed by atoms with Crippen molar-refractivity contribution in [2.75, 3.05) is 0 Å². The number of allylic oxidation sites excluding steroid dienone is 2. The molecule has 1 amide bonds. The van der Waals surface area contributed by atoms with Crippen molar-refractivity contribution in [1.29, 1.82) is 0 Å². The minimum atomic E-state index is -0.216. The Morgan fingerprint density at radius 1 is 1.09 bits per heavy atom. The number of fused-ring (bicyclic) bond motifs is 2. The summed E-state index contributed by atoms with van der Waals surface area (Å²) >= 11 is 0. The summed E-state index contributed by atoms with van der Waals surface area (Å²) in [5.41, 5.74) is 1.05. The predicted octanol–water partition coefficient (Wildman–Crippen LogP) is 3.70. The van der Waals surface area contributed by atoms with Crippen LogP contribution in [0.3, 0.4) is 0 Å².